The highest BCUT2D eigenvalue weighted by molar-refractivity contribution is 6.32. The first-order valence-corrected chi connectivity index (χ1v) is 6.97. The molecule has 22 heavy (non-hydrogen) atoms. The van der Waals surface area contributed by atoms with Gasteiger partial charge in [0.2, 0.25) is 5.91 Å². The van der Waals surface area contributed by atoms with Crippen molar-refractivity contribution in [2.24, 2.45) is 0 Å². The number of nitrogens with zero attached hydrogens (tertiary/aromatic N) is 2. The molecule has 7 heteroatoms. The molecule has 0 aliphatic rings. The smallest absolute Gasteiger partial charge is 0.254 e. The molecule has 2 aromatic rings. The minimum Gasteiger partial charge on any atom is -0.495 e. The van der Waals surface area contributed by atoms with E-state index in [2.05, 4.69) is 10.3 Å². The molecule has 0 bridgehead atoms. The van der Waals surface area contributed by atoms with Crippen molar-refractivity contribution in [3.8, 4) is 5.75 Å². The average Bonchev–Trinajstić information content (AvgIpc) is 2.43. The highest BCUT2D eigenvalue weighted by Crippen LogP contribution is 2.27. The molecule has 0 aliphatic heterocycles. The lowest BCUT2D eigenvalue weighted by Gasteiger charge is -2.11. The molecule has 0 fully saturated rings. The van der Waals surface area contributed by atoms with Crippen molar-refractivity contribution >= 4 is 23.2 Å². The van der Waals surface area contributed by atoms with Crippen LogP contribution in [0.4, 0.5) is 5.69 Å². The van der Waals surface area contributed by atoms with Crippen molar-refractivity contribution in [1.82, 2.24) is 9.55 Å². The third kappa shape index (κ3) is 3.65. The number of methoxy groups -OCH3 is 1. The molecule has 0 unspecified atom stereocenters. The van der Waals surface area contributed by atoms with E-state index < -0.39 is 0 Å². The van der Waals surface area contributed by atoms with Gasteiger partial charge in [0.1, 0.15) is 18.1 Å². The van der Waals surface area contributed by atoms with Gasteiger partial charge < -0.3 is 10.1 Å². The van der Waals surface area contributed by atoms with Crippen LogP contribution in [0.25, 0.3) is 0 Å². The van der Waals surface area contributed by atoms with E-state index >= 15 is 0 Å². The van der Waals surface area contributed by atoms with Gasteiger partial charge in [0, 0.05) is 17.4 Å². The number of hydrogen-bond acceptors (Lipinski definition) is 4. The van der Waals surface area contributed by atoms with Crippen molar-refractivity contribution < 1.29 is 9.53 Å². The summed E-state index contributed by atoms with van der Waals surface area (Å²) in [6, 6.07) is 6.31. The molecule has 0 radical (unpaired) electrons. The summed E-state index contributed by atoms with van der Waals surface area (Å²) in [4.78, 5) is 28.1. The third-order valence-electron chi connectivity index (χ3n) is 3.06. The van der Waals surface area contributed by atoms with Crippen LogP contribution in [-0.2, 0) is 11.3 Å². The van der Waals surface area contributed by atoms with Gasteiger partial charge in [0.05, 0.1) is 12.1 Å². The number of carbonyl (C=O) groups excluding carboxylic acids is 1. The highest BCUT2D eigenvalue weighted by atomic mass is 35.5. The summed E-state index contributed by atoms with van der Waals surface area (Å²) < 4.78 is 6.36. The second-order valence-corrected chi connectivity index (χ2v) is 5.17. The van der Waals surface area contributed by atoms with E-state index in [0.29, 0.717) is 28.0 Å². The number of benzene rings is 1. The van der Waals surface area contributed by atoms with E-state index in [1.54, 1.807) is 32.0 Å². The zero-order valence-corrected chi connectivity index (χ0v) is 13.3. The molecular formula is C15H16ClN3O3. The Morgan fingerprint density at radius 3 is 2.68 bits per heavy atom. The minimum absolute atomic E-state index is 0.110. The Morgan fingerprint density at radius 1 is 1.36 bits per heavy atom. The maximum Gasteiger partial charge on any atom is 0.254 e. The maximum atomic E-state index is 12.1. The van der Waals surface area contributed by atoms with Gasteiger partial charge in [-0.1, -0.05) is 11.6 Å². The summed E-state index contributed by atoms with van der Waals surface area (Å²) in [7, 11) is 1.51. The van der Waals surface area contributed by atoms with E-state index in [0.717, 1.165) is 0 Å². The quantitative estimate of drug-likeness (QED) is 0.936. The highest BCUT2D eigenvalue weighted by Gasteiger charge is 2.10. The van der Waals surface area contributed by atoms with Crippen LogP contribution in [0.5, 0.6) is 5.75 Å². The van der Waals surface area contributed by atoms with Crippen LogP contribution >= 0.6 is 11.6 Å². The van der Waals surface area contributed by atoms with Gasteiger partial charge in [0.25, 0.3) is 5.56 Å². The molecule has 1 N–H and O–H groups in total. The lowest BCUT2D eigenvalue weighted by Crippen LogP contribution is -2.30. The molecule has 1 aromatic carbocycles. The molecule has 2 rings (SSSR count). The minimum atomic E-state index is -0.336. The number of carbonyl (C=O) groups is 1. The Morgan fingerprint density at radius 2 is 2.09 bits per heavy atom. The van der Waals surface area contributed by atoms with E-state index in [1.807, 2.05) is 0 Å². The standard InChI is InChI=1S/C15H16ClN3O3/c1-9-6-15(21)19(10(2)17-9)8-14(20)18-11-4-5-13(22-3)12(16)7-11/h4-7H,8H2,1-3H3,(H,18,20). The number of anilines is 1. The first-order chi connectivity index (χ1) is 10.4. The van der Waals surface area contributed by atoms with Crippen molar-refractivity contribution in [2.45, 2.75) is 20.4 Å². The molecule has 0 atom stereocenters. The maximum absolute atomic E-state index is 12.1. The van der Waals surface area contributed by atoms with Crippen molar-refractivity contribution in [3.63, 3.8) is 0 Å². The van der Waals surface area contributed by atoms with E-state index in [1.165, 1.54) is 17.7 Å². The number of halogens is 1. The van der Waals surface area contributed by atoms with Gasteiger partial charge >= 0.3 is 0 Å². The topological polar surface area (TPSA) is 73.2 Å². The number of nitrogens with one attached hydrogen (secondary N) is 1. The Bertz CT molecular complexity index is 771. The summed E-state index contributed by atoms with van der Waals surface area (Å²) >= 11 is 6.00. The van der Waals surface area contributed by atoms with Crippen LogP contribution in [0.15, 0.2) is 29.1 Å². The van der Waals surface area contributed by atoms with Gasteiger partial charge in [-0.05, 0) is 32.0 Å². The number of rotatable bonds is 4. The fraction of sp³-hybridized carbons (Fsp3) is 0.267. The monoisotopic (exact) mass is 321 g/mol. The summed E-state index contributed by atoms with van der Waals surface area (Å²) in [5.41, 5.74) is 0.899. The second kappa shape index (κ2) is 6.62. The van der Waals surface area contributed by atoms with Crippen molar-refractivity contribution in [3.05, 3.63) is 51.2 Å². The van der Waals surface area contributed by atoms with Gasteiger partial charge in [-0.2, -0.15) is 0 Å². The molecule has 0 aliphatic carbocycles. The van der Waals surface area contributed by atoms with Gasteiger partial charge in [-0.3, -0.25) is 14.2 Å². The molecule has 1 amide bonds. The predicted octanol–water partition coefficient (Wildman–Crippen LogP) is 2.16. The van der Waals surface area contributed by atoms with Crippen LogP contribution in [0.2, 0.25) is 5.02 Å². The van der Waals surface area contributed by atoms with E-state index in [9.17, 15) is 9.59 Å². The summed E-state index contributed by atoms with van der Waals surface area (Å²) in [6.45, 7) is 3.31. The molecule has 0 saturated carbocycles. The van der Waals surface area contributed by atoms with Gasteiger partial charge in [0.15, 0.2) is 0 Å². The lowest BCUT2D eigenvalue weighted by molar-refractivity contribution is -0.116. The lowest BCUT2D eigenvalue weighted by atomic mass is 10.3. The predicted molar refractivity (Wildman–Crippen MR) is 84.6 cm³/mol. The number of aromatic nitrogens is 2. The number of aryl methyl sites for hydroxylation is 2. The summed E-state index contributed by atoms with van der Waals surface area (Å²) in [6.07, 6.45) is 0. The fourth-order valence-corrected chi connectivity index (χ4v) is 2.30. The second-order valence-electron chi connectivity index (χ2n) is 4.77. The Balaban J connectivity index is 2.14. The van der Waals surface area contributed by atoms with E-state index in [-0.39, 0.29) is 18.0 Å². The van der Waals surface area contributed by atoms with Gasteiger partial charge in [-0.25, -0.2) is 4.98 Å². The first kappa shape index (κ1) is 16.0. The normalized spacial score (nSPS) is 10.4. The van der Waals surface area contributed by atoms with Crippen LogP contribution in [0.1, 0.15) is 11.5 Å². The summed E-state index contributed by atoms with van der Waals surface area (Å²) in [5.74, 6) is 0.680. The molecule has 1 heterocycles. The summed E-state index contributed by atoms with van der Waals surface area (Å²) in [5, 5.41) is 3.08. The van der Waals surface area contributed by atoms with Crippen LogP contribution in [0, 0.1) is 13.8 Å². The van der Waals surface area contributed by atoms with Gasteiger partial charge in [-0.15, -0.1) is 0 Å². The van der Waals surface area contributed by atoms with Crippen LogP contribution < -0.4 is 15.6 Å². The molecule has 6 nitrogen and oxygen atoms in total. The Labute approximate surface area is 132 Å². The molecule has 116 valence electrons. The van der Waals surface area contributed by atoms with Crippen LogP contribution in [-0.4, -0.2) is 22.6 Å². The molecule has 0 saturated heterocycles. The number of amides is 1. The van der Waals surface area contributed by atoms with Crippen molar-refractivity contribution in [2.75, 3.05) is 12.4 Å². The number of ether oxygens (including phenoxy) is 1. The molecule has 0 spiro atoms. The van der Waals surface area contributed by atoms with E-state index in [4.69, 9.17) is 16.3 Å². The fourth-order valence-electron chi connectivity index (χ4n) is 2.04. The third-order valence-corrected chi connectivity index (χ3v) is 3.36. The molecule has 1 aromatic heterocycles. The average molecular weight is 322 g/mol. The number of hydrogen-bond donors (Lipinski definition) is 1. The molecular weight excluding hydrogens is 306 g/mol. The zero-order valence-electron chi connectivity index (χ0n) is 12.5. The Kier molecular flexibility index (Phi) is 4.82. The Hall–Kier alpha value is -2.34. The zero-order chi connectivity index (χ0) is 16.3. The van der Waals surface area contributed by atoms with Crippen LogP contribution in [0.3, 0.4) is 0 Å². The van der Waals surface area contributed by atoms with Crippen molar-refractivity contribution in [1.29, 1.82) is 0 Å². The largest absolute Gasteiger partial charge is 0.495 e. The SMILES string of the molecule is COc1ccc(NC(=O)Cn2c(C)nc(C)cc2=O)cc1Cl. The first-order valence-electron chi connectivity index (χ1n) is 6.59.